The first-order valence-electron chi connectivity index (χ1n) is 6.15. The van der Waals surface area contributed by atoms with Crippen molar-refractivity contribution in [3.8, 4) is 0 Å². The molecule has 0 saturated carbocycles. The minimum Gasteiger partial charge on any atom is -0.457 e. The molecule has 0 aliphatic rings. The molecular formula is C16H17NO2. The monoisotopic (exact) mass is 255 g/mol. The van der Waals surface area contributed by atoms with Crippen molar-refractivity contribution in [2.45, 2.75) is 20.5 Å². The molecule has 2 aromatic carbocycles. The van der Waals surface area contributed by atoms with Crippen LogP contribution in [0.3, 0.4) is 0 Å². The van der Waals surface area contributed by atoms with Gasteiger partial charge in [-0.2, -0.15) is 0 Å². The zero-order chi connectivity index (χ0) is 13.8. The van der Waals surface area contributed by atoms with E-state index in [0.717, 1.165) is 16.7 Å². The Kier molecular flexibility index (Phi) is 3.85. The molecule has 2 N–H and O–H groups in total. The largest absolute Gasteiger partial charge is 0.457 e. The summed E-state index contributed by atoms with van der Waals surface area (Å²) in [6.07, 6.45) is 0. The highest BCUT2D eigenvalue weighted by molar-refractivity contribution is 5.90. The highest BCUT2D eigenvalue weighted by Gasteiger charge is 2.08. The molecule has 0 spiro atoms. The third-order valence-electron chi connectivity index (χ3n) is 2.99. The van der Waals surface area contributed by atoms with Crippen molar-refractivity contribution in [1.29, 1.82) is 0 Å². The van der Waals surface area contributed by atoms with E-state index in [1.54, 1.807) is 24.3 Å². The smallest absolute Gasteiger partial charge is 0.338 e. The number of esters is 1. The number of nitrogens with two attached hydrogens (primary N) is 1. The first-order valence-corrected chi connectivity index (χ1v) is 6.15. The van der Waals surface area contributed by atoms with Crippen LogP contribution in [0.2, 0.25) is 0 Å². The van der Waals surface area contributed by atoms with Crippen LogP contribution in [-0.4, -0.2) is 5.97 Å². The lowest BCUT2D eigenvalue weighted by molar-refractivity contribution is 0.0472. The van der Waals surface area contributed by atoms with Gasteiger partial charge in [-0.05, 0) is 43.2 Å². The first kappa shape index (κ1) is 13.1. The first-order chi connectivity index (χ1) is 9.06. The molecule has 0 bridgehead atoms. The van der Waals surface area contributed by atoms with Crippen LogP contribution in [0.1, 0.15) is 27.0 Å². The number of nitrogen functional groups attached to an aromatic ring is 1. The highest BCUT2D eigenvalue weighted by atomic mass is 16.5. The van der Waals surface area contributed by atoms with E-state index in [1.807, 2.05) is 32.0 Å². The predicted molar refractivity (Wildman–Crippen MR) is 75.9 cm³/mol. The molecular weight excluding hydrogens is 238 g/mol. The van der Waals surface area contributed by atoms with Crippen molar-refractivity contribution in [3.05, 3.63) is 64.7 Å². The highest BCUT2D eigenvalue weighted by Crippen LogP contribution is 2.14. The van der Waals surface area contributed by atoms with Gasteiger partial charge in [0.15, 0.2) is 0 Å². The van der Waals surface area contributed by atoms with Gasteiger partial charge in [0, 0.05) is 5.69 Å². The molecule has 0 radical (unpaired) electrons. The van der Waals surface area contributed by atoms with Crippen molar-refractivity contribution in [3.63, 3.8) is 0 Å². The molecule has 2 aromatic rings. The summed E-state index contributed by atoms with van der Waals surface area (Å²) in [4.78, 5) is 11.9. The maximum absolute atomic E-state index is 11.9. The Hall–Kier alpha value is -2.29. The Labute approximate surface area is 113 Å². The molecule has 0 unspecified atom stereocenters. The molecule has 98 valence electrons. The number of anilines is 1. The Morgan fingerprint density at radius 2 is 1.95 bits per heavy atom. The van der Waals surface area contributed by atoms with Gasteiger partial charge in [0.1, 0.15) is 6.61 Å². The number of hydrogen-bond acceptors (Lipinski definition) is 3. The van der Waals surface area contributed by atoms with Crippen LogP contribution in [0.4, 0.5) is 5.69 Å². The molecule has 2 rings (SSSR count). The van der Waals surface area contributed by atoms with E-state index in [9.17, 15) is 4.79 Å². The Bertz CT molecular complexity index is 605. The van der Waals surface area contributed by atoms with Crippen molar-refractivity contribution < 1.29 is 9.53 Å². The van der Waals surface area contributed by atoms with Gasteiger partial charge in [0.25, 0.3) is 0 Å². The molecule has 0 aliphatic heterocycles. The summed E-state index contributed by atoms with van der Waals surface area (Å²) in [7, 11) is 0. The third-order valence-corrected chi connectivity index (χ3v) is 2.99. The van der Waals surface area contributed by atoms with Crippen LogP contribution in [0.25, 0.3) is 0 Å². The van der Waals surface area contributed by atoms with Gasteiger partial charge in [-0.15, -0.1) is 0 Å². The standard InChI is InChI=1S/C16H17NO2/c1-11-6-7-12(2)14(8-11)10-19-16(18)13-4-3-5-15(17)9-13/h3-9H,10,17H2,1-2H3. The summed E-state index contributed by atoms with van der Waals surface area (Å²) in [5.74, 6) is -0.354. The fraction of sp³-hybridized carbons (Fsp3) is 0.188. The summed E-state index contributed by atoms with van der Waals surface area (Å²) in [5.41, 5.74) is 9.97. The van der Waals surface area contributed by atoms with E-state index in [2.05, 4.69) is 0 Å². The van der Waals surface area contributed by atoms with Gasteiger partial charge in [-0.25, -0.2) is 4.79 Å². The fourth-order valence-corrected chi connectivity index (χ4v) is 1.85. The van der Waals surface area contributed by atoms with Crippen molar-refractivity contribution in [2.24, 2.45) is 0 Å². The molecule has 0 aromatic heterocycles. The van der Waals surface area contributed by atoms with Crippen LogP contribution in [0, 0.1) is 13.8 Å². The summed E-state index contributed by atoms with van der Waals surface area (Å²) >= 11 is 0. The molecule has 0 saturated heterocycles. The molecule has 3 heteroatoms. The lowest BCUT2D eigenvalue weighted by Crippen LogP contribution is -2.06. The molecule has 3 nitrogen and oxygen atoms in total. The fourth-order valence-electron chi connectivity index (χ4n) is 1.85. The molecule has 0 heterocycles. The van der Waals surface area contributed by atoms with Crippen LogP contribution in [0.15, 0.2) is 42.5 Å². The number of rotatable bonds is 3. The number of benzene rings is 2. The number of hydrogen-bond donors (Lipinski definition) is 1. The normalized spacial score (nSPS) is 10.2. The molecule has 0 aliphatic carbocycles. The zero-order valence-electron chi connectivity index (χ0n) is 11.1. The summed E-state index contributed by atoms with van der Waals surface area (Å²) in [5, 5.41) is 0. The number of carbonyl (C=O) groups excluding carboxylic acids is 1. The maximum atomic E-state index is 11.9. The lowest BCUT2D eigenvalue weighted by atomic mass is 10.1. The summed E-state index contributed by atoms with van der Waals surface area (Å²) < 4.78 is 5.31. The Morgan fingerprint density at radius 1 is 1.16 bits per heavy atom. The van der Waals surface area contributed by atoms with Crippen molar-refractivity contribution in [2.75, 3.05) is 5.73 Å². The zero-order valence-corrected chi connectivity index (χ0v) is 11.1. The predicted octanol–water partition coefficient (Wildman–Crippen LogP) is 3.24. The second-order valence-electron chi connectivity index (χ2n) is 4.63. The average Bonchev–Trinajstić information content (AvgIpc) is 2.39. The lowest BCUT2D eigenvalue weighted by Gasteiger charge is -2.09. The molecule has 0 fully saturated rings. The van der Waals surface area contributed by atoms with Gasteiger partial charge < -0.3 is 10.5 Å². The number of ether oxygens (including phenoxy) is 1. The summed E-state index contributed by atoms with van der Waals surface area (Å²) in [6, 6.07) is 12.9. The SMILES string of the molecule is Cc1ccc(C)c(COC(=O)c2cccc(N)c2)c1. The Balaban J connectivity index is 2.06. The Morgan fingerprint density at radius 3 is 2.68 bits per heavy atom. The minimum absolute atomic E-state index is 0.279. The van der Waals surface area contributed by atoms with E-state index >= 15 is 0 Å². The minimum atomic E-state index is -0.354. The van der Waals surface area contributed by atoms with E-state index in [-0.39, 0.29) is 12.6 Å². The van der Waals surface area contributed by atoms with E-state index in [0.29, 0.717) is 11.3 Å². The topological polar surface area (TPSA) is 52.3 Å². The van der Waals surface area contributed by atoms with Gasteiger partial charge in [-0.1, -0.05) is 29.8 Å². The number of aryl methyl sites for hydroxylation is 2. The van der Waals surface area contributed by atoms with E-state index < -0.39 is 0 Å². The number of carbonyl (C=O) groups is 1. The second kappa shape index (κ2) is 5.57. The molecule has 0 amide bonds. The third kappa shape index (κ3) is 3.35. The quantitative estimate of drug-likeness (QED) is 0.676. The van der Waals surface area contributed by atoms with Gasteiger partial charge in [0.05, 0.1) is 5.56 Å². The van der Waals surface area contributed by atoms with Crippen LogP contribution in [0.5, 0.6) is 0 Å². The van der Waals surface area contributed by atoms with Gasteiger partial charge >= 0.3 is 5.97 Å². The van der Waals surface area contributed by atoms with Gasteiger partial charge in [0.2, 0.25) is 0 Å². The second-order valence-corrected chi connectivity index (χ2v) is 4.63. The van der Waals surface area contributed by atoms with Crippen LogP contribution in [-0.2, 0) is 11.3 Å². The van der Waals surface area contributed by atoms with Crippen molar-refractivity contribution >= 4 is 11.7 Å². The van der Waals surface area contributed by atoms with Crippen LogP contribution < -0.4 is 5.73 Å². The van der Waals surface area contributed by atoms with E-state index in [4.69, 9.17) is 10.5 Å². The van der Waals surface area contributed by atoms with Crippen molar-refractivity contribution in [1.82, 2.24) is 0 Å². The molecule has 19 heavy (non-hydrogen) atoms. The summed E-state index contributed by atoms with van der Waals surface area (Å²) in [6.45, 7) is 4.30. The van der Waals surface area contributed by atoms with E-state index in [1.165, 1.54) is 0 Å². The van der Waals surface area contributed by atoms with Crippen LogP contribution >= 0.6 is 0 Å². The van der Waals surface area contributed by atoms with Gasteiger partial charge in [-0.3, -0.25) is 0 Å². The average molecular weight is 255 g/mol. The maximum Gasteiger partial charge on any atom is 0.338 e. The molecule has 0 atom stereocenters.